The molecule has 2 rings (SSSR count). The molecule has 1 amide bonds. The highest BCUT2D eigenvalue weighted by atomic mass is 16.5. The third-order valence-electron chi connectivity index (χ3n) is 4.35. The van der Waals surface area contributed by atoms with E-state index in [4.69, 9.17) is 4.74 Å². The van der Waals surface area contributed by atoms with E-state index in [1.807, 2.05) is 0 Å². The van der Waals surface area contributed by atoms with Gasteiger partial charge < -0.3 is 9.64 Å². The summed E-state index contributed by atoms with van der Waals surface area (Å²) in [6, 6.07) is 0.414. The number of hydrogen-bond donors (Lipinski definition) is 1. The molecular weight excluding hydrogens is 240 g/mol. The number of rotatable bonds is 6. The van der Waals surface area contributed by atoms with Crippen LogP contribution in [0, 0.1) is 5.92 Å². The van der Waals surface area contributed by atoms with Crippen LogP contribution in [0.4, 0.5) is 0 Å². The maximum atomic E-state index is 12.6. The van der Waals surface area contributed by atoms with E-state index in [9.17, 15) is 4.79 Å². The minimum atomic E-state index is 0.0261. The Morgan fingerprint density at radius 3 is 2.63 bits per heavy atom. The second kappa shape index (κ2) is 6.23. The van der Waals surface area contributed by atoms with Crippen molar-refractivity contribution in [3.8, 4) is 0 Å². The topological polar surface area (TPSA) is 41.6 Å². The molecular formula is C15H28N2O2. The quantitative estimate of drug-likeness (QED) is 0.802. The van der Waals surface area contributed by atoms with Crippen LogP contribution in [0.1, 0.15) is 52.9 Å². The summed E-state index contributed by atoms with van der Waals surface area (Å²) in [5.74, 6) is 0.864. The summed E-state index contributed by atoms with van der Waals surface area (Å²) in [4.78, 5) is 14.7. The van der Waals surface area contributed by atoms with E-state index in [0.717, 1.165) is 32.1 Å². The molecule has 4 heteroatoms. The lowest BCUT2D eigenvalue weighted by molar-refractivity contribution is -0.138. The number of nitrogens with one attached hydrogen (secondary N) is 1. The van der Waals surface area contributed by atoms with Gasteiger partial charge in [0.1, 0.15) is 0 Å². The first-order chi connectivity index (χ1) is 9.06. The Kier molecular flexibility index (Phi) is 4.85. The molecule has 2 fully saturated rings. The van der Waals surface area contributed by atoms with Crippen molar-refractivity contribution >= 4 is 5.91 Å². The lowest BCUT2D eigenvalue weighted by Gasteiger charge is -2.42. The van der Waals surface area contributed by atoms with Gasteiger partial charge in [-0.1, -0.05) is 27.2 Å². The monoisotopic (exact) mass is 268 g/mol. The molecule has 0 aromatic heterocycles. The van der Waals surface area contributed by atoms with E-state index < -0.39 is 0 Å². The Labute approximate surface area is 116 Å². The van der Waals surface area contributed by atoms with Gasteiger partial charge in [-0.25, -0.2) is 0 Å². The van der Waals surface area contributed by atoms with Gasteiger partial charge in [-0.2, -0.15) is 0 Å². The van der Waals surface area contributed by atoms with Crippen molar-refractivity contribution in [3.63, 3.8) is 0 Å². The summed E-state index contributed by atoms with van der Waals surface area (Å²) < 4.78 is 5.34. The van der Waals surface area contributed by atoms with Crippen molar-refractivity contribution in [1.82, 2.24) is 10.2 Å². The van der Waals surface area contributed by atoms with Gasteiger partial charge in [0.25, 0.3) is 0 Å². The van der Waals surface area contributed by atoms with Crippen molar-refractivity contribution in [2.45, 2.75) is 77.2 Å². The van der Waals surface area contributed by atoms with E-state index in [1.54, 1.807) is 7.11 Å². The molecule has 2 unspecified atom stereocenters. The average Bonchev–Trinajstić information content (AvgIpc) is 2.56. The van der Waals surface area contributed by atoms with Crippen LogP contribution in [0.25, 0.3) is 0 Å². The zero-order chi connectivity index (χ0) is 14.0. The Morgan fingerprint density at radius 1 is 1.42 bits per heavy atom. The van der Waals surface area contributed by atoms with Gasteiger partial charge in [0.15, 0.2) is 0 Å². The molecule has 1 N–H and O–H groups in total. The van der Waals surface area contributed by atoms with Crippen molar-refractivity contribution in [1.29, 1.82) is 0 Å². The highest BCUT2D eigenvalue weighted by Crippen LogP contribution is 2.33. The number of carbonyl (C=O) groups is 1. The first-order valence-electron chi connectivity index (χ1n) is 7.67. The van der Waals surface area contributed by atoms with Crippen molar-refractivity contribution in [3.05, 3.63) is 0 Å². The Bertz CT molecular complexity index is 313. The van der Waals surface area contributed by atoms with E-state index in [-0.39, 0.29) is 12.2 Å². The second-order valence-corrected chi connectivity index (χ2v) is 6.38. The molecule has 0 radical (unpaired) electrons. The molecule has 2 aliphatic rings. The van der Waals surface area contributed by atoms with Gasteiger partial charge in [0, 0.05) is 13.2 Å². The number of hydrogen-bond acceptors (Lipinski definition) is 3. The number of ether oxygens (including phenoxy) is 1. The maximum absolute atomic E-state index is 12.6. The smallest absolute Gasteiger partial charge is 0.241 e. The largest absolute Gasteiger partial charge is 0.381 e. The zero-order valence-corrected chi connectivity index (χ0v) is 12.7. The molecule has 110 valence electrons. The molecule has 0 spiro atoms. The Morgan fingerprint density at radius 2 is 2.11 bits per heavy atom. The maximum Gasteiger partial charge on any atom is 0.241 e. The van der Waals surface area contributed by atoms with Crippen LogP contribution in [0.5, 0.6) is 0 Å². The van der Waals surface area contributed by atoms with Gasteiger partial charge in [0.2, 0.25) is 5.91 Å². The third kappa shape index (κ3) is 3.11. The van der Waals surface area contributed by atoms with Crippen LogP contribution in [0.3, 0.4) is 0 Å². The summed E-state index contributed by atoms with van der Waals surface area (Å²) in [7, 11) is 1.76. The van der Waals surface area contributed by atoms with Crippen molar-refractivity contribution in [2.24, 2.45) is 5.92 Å². The van der Waals surface area contributed by atoms with Gasteiger partial charge >= 0.3 is 0 Å². The SMILES string of the molecule is CCCC1NC(CC(C)C)C(=O)N1C1CC(OC)C1. The van der Waals surface area contributed by atoms with Crippen LogP contribution < -0.4 is 5.32 Å². The Balaban J connectivity index is 1.99. The summed E-state index contributed by atoms with van der Waals surface area (Å²) >= 11 is 0. The van der Waals surface area contributed by atoms with Crippen LogP contribution in [-0.4, -0.2) is 42.3 Å². The van der Waals surface area contributed by atoms with Crippen molar-refractivity contribution in [2.75, 3.05) is 7.11 Å². The molecule has 1 aliphatic carbocycles. The van der Waals surface area contributed by atoms with E-state index >= 15 is 0 Å². The summed E-state index contributed by atoms with van der Waals surface area (Å²) in [6.45, 7) is 6.53. The summed E-state index contributed by atoms with van der Waals surface area (Å²) in [5, 5.41) is 3.54. The lowest BCUT2D eigenvalue weighted by atomic mass is 9.87. The fraction of sp³-hybridized carbons (Fsp3) is 0.933. The predicted molar refractivity (Wildman–Crippen MR) is 75.7 cm³/mol. The first-order valence-corrected chi connectivity index (χ1v) is 7.67. The predicted octanol–water partition coefficient (Wildman–Crippen LogP) is 2.14. The number of methoxy groups -OCH3 is 1. The van der Waals surface area contributed by atoms with Gasteiger partial charge in [-0.05, 0) is 31.6 Å². The number of carbonyl (C=O) groups excluding carboxylic acids is 1. The molecule has 1 saturated heterocycles. The zero-order valence-electron chi connectivity index (χ0n) is 12.7. The van der Waals surface area contributed by atoms with E-state index in [2.05, 4.69) is 31.0 Å². The minimum Gasteiger partial charge on any atom is -0.381 e. The summed E-state index contributed by atoms with van der Waals surface area (Å²) in [6.07, 6.45) is 5.69. The fourth-order valence-electron chi connectivity index (χ4n) is 3.25. The van der Waals surface area contributed by atoms with E-state index in [1.165, 1.54) is 0 Å². The van der Waals surface area contributed by atoms with Crippen LogP contribution in [0.2, 0.25) is 0 Å². The molecule has 0 aromatic rings. The number of amides is 1. The molecule has 0 aromatic carbocycles. The lowest BCUT2D eigenvalue weighted by Crippen LogP contribution is -2.52. The average molecular weight is 268 g/mol. The Hall–Kier alpha value is -0.610. The van der Waals surface area contributed by atoms with Gasteiger partial charge in [0.05, 0.1) is 18.3 Å². The minimum absolute atomic E-state index is 0.0261. The van der Waals surface area contributed by atoms with E-state index in [0.29, 0.717) is 24.0 Å². The fourth-order valence-corrected chi connectivity index (χ4v) is 3.25. The third-order valence-corrected chi connectivity index (χ3v) is 4.35. The van der Waals surface area contributed by atoms with Crippen LogP contribution >= 0.6 is 0 Å². The molecule has 0 bridgehead atoms. The molecule has 2 atom stereocenters. The first kappa shape index (κ1) is 14.8. The summed E-state index contributed by atoms with van der Waals surface area (Å²) in [5.41, 5.74) is 0. The van der Waals surface area contributed by atoms with Crippen molar-refractivity contribution < 1.29 is 9.53 Å². The van der Waals surface area contributed by atoms with Gasteiger partial charge in [-0.3, -0.25) is 10.1 Å². The highest BCUT2D eigenvalue weighted by Gasteiger charge is 2.46. The standard InChI is InChI=1S/C15H28N2O2/c1-5-6-14-16-13(7-10(2)3)15(18)17(14)11-8-12(9-11)19-4/h10-14,16H,5-9H2,1-4H3. The van der Waals surface area contributed by atoms with Crippen LogP contribution in [0.15, 0.2) is 0 Å². The highest BCUT2D eigenvalue weighted by molar-refractivity contribution is 5.84. The molecule has 19 heavy (non-hydrogen) atoms. The molecule has 4 nitrogen and oxygen atoms in total. The molecule has 1 heterocycles. The second-order valence-electron chi connectivity index (χ2n) is 6.38. The number of nitrogens with zero attached hydrogens (tertiary/aromatic N) is 1. The molecule has 1 aliphatic heterocycles. The normalized spacial score (nSPS) is 35.0. The van der Waals surface area contributed by atoms with Gasteiger partial charge in [-0.15, -0.1) is 0 Å². The van der Waals surface area contributed by atoms with Crippen LogP contribution in [-0.2, 0) is 9.53 Å². The molecule has 1 saturated carbocycles.